The number of aromatic nitrogens is 2. The SMILES string of the molecule is CC(CN)CCN(C)Cc1nccn1C. The zero-order valence-electron chi connectivity index (χ0n) is 9.98. The number of nitrogens with zero attached hydrogens (tertiary/aromatic N) is 3. The van der Waals surface area contributed by atoms with Gasteiger partial charge in [0.1, 0.15) is 5.82 Å². The predicted octanol–water partition coefficient (Wildman–Crippen LogP) is 0.837. The molecule has 15 heavy (non-hydrogen) atoms. The lowest BCUT2D eigenvalue weighted by molar-refractivity contribution is 0.290. The molecule has 1 atom stereocenters. The second-order valence-electron chi connectivity index (χ2n) is 4.32. The highest BCUT2D eigenvalue weighted by Crippen LogP contribution is 2.04. The Hall–Kier alpha value is -0.870. The van der Waals surface area contributed by atoms with E-state index in [1.165, 1.54) is 0 Å². The number of nitrogens with two attached hydrogens (primary N) is 1. The van der Waals surface area contributed by atoms with Crippen LogP contribution in [0.5, 0.6) is 0 Å². The number of hydrogen-bond donors (Lipinski definition) is 1. The summed E-state index contributed by atoms with van der Waals surface area (Å²) in [6.07, 6.45) is 4.97. The highest BCUT2D eigenvalue weighted by molar-refractivity contribution is 4.90. The molecule has 0 radical (unpaired) electrons. The Morgan fingerprint density at radius 1 is 1.60 bits per heavy atom. The second-order valence-corrected chi connectivity index (χ2v) is 4.32. The maximum absolute atomic E-state index is 5.58. The third kappa shape index (κ3) is 4.01. The number of aryl methyl sites for hydroxylation is 1. The van der Waals surface area contributed by atoms with Crippen molar-refractivity contribution >= 4 is 0 Å². The molecule has 0 amide bonds. The summed E-state index contributed by atoms with van der Waals surface area (Å²) in [7, 11) is 4.15. The number of imidazole rings is 1. The van der Waals surface area contributed by atoms with Crippen LogP contribution in [0.1, 0.15) is 19.2 Å². The first-order chi connectivity index (χ1) is 7.13. The standard InChI is InChI=1S/C11H22N4/c1-10(8-12)4-6-14(2)9-11-13-5-7-15(11)3/h5,7,10H,4,6,8-9,12H2,1-3H3. The van der Waals surface area contributed by atoms with Gasteiger partial charge in [0, 0.05) is 19.4 Å². The van der Waals surface area contributed by atoms with E-state index >= 15 is 0 Å². The molecule has 1 rings (SSSR count). The fourth-order valence-electron chi connectivity index (χ4n) is 1.43. The van der Waals surface area contributed by atoms with Crippen LogP contribution in [-0.4, -0.2) is 34.6 Å². The fraction of sp³-hybridized carbons (Fsp3) is 0.727. The van der Waals surface area contributed by atoms with Gasteiger partial charge in [-0.25, -0.2) is 4.98 Å². The third-order valence-corrected chi connectivity index (χ3v) is 2.74. The molecule has 0 saturated heterocycles. The maximum atomic E-state index is 5.58. The molecule has 1 aromatic rings. The lowest BCUT2D eigenvalue weighted by Gasteiger charge is -2.18. The zero-order valence-corrected chi connectivity index (χ0v) is 9.98. The molecule has 4 heteroatoms. The van der Waals surface area contributed by atoms with Crippen LogP contribution in [0.4, 0.5) is 0 Å². The average molecular weight is 210 g/mol. The molecule has 0 fully saturated rings. The first kappa shape index (κ1) is 12.2. The summed E-state index contributed by atoms with van der Waals surface area (Å²) in [5, 5.41) is 0. The molecule has 4 nitrogen and oxygen atoms in total. The highest BCUT2D eigenvalue weighted by atomic mass is 15.1. The number of rotatable bonds is 6. The van der Waals surface area contributed by atoms with E-state index in [0.717, 1.165) is 31.9 Å². The van der Waals surface area contributed by atoms with Crippen molar-refractivity contribution in [1.82, 2.24) is 14.5 Å². The van der Waals surface area contributed by atoms with Crippen molar-refractivity contribution in [1.29, 1.82) is 0 Å². The molecule has 0 bridgehead atoms. The van der Waals surface area contributed by atoms with Crippen molar-refractivity contribution < 1.29 is 0 Å². The van der Waals surface area contributed by atoms with Gasteiger partial charge in [-0.1, -0.05) is 6.92 Å². The third-order valence-electron chi connectivity index (χ3n) is 2.74. The van der Waals surface area contributed by atoms with Gasteiger partial charge in [-0.3, -0.25) is 4.90 Å². The topological polar surface area (TPSA) is 47.1 Å². The molecule has 0 spiro atoms. The number of hydrogen-bond acceptors (Lipinski definition) is 3. The molecule has 1 aromatic heterocycles. The summed E-state index contributed by atoms with van der Waals surface area (Å²) in [4.78, 5) is 6.59. The van der Waals surface area contributed by atoms with Gasteiger partial charge in [0.2, 0.25) is 0 Å². The van der Waals surface area contributed by atoms with E-state index in [9.17, 15) is 0 Å². The van der Waals surface area contributed by atoms with Gasteiger partial charge >= 0.3 is 0 Å². The molecule has 0 aliphatic heterocycles. The molecule has 1 unspecified atom stereocenters. The smallest absolute Gasteiger partial charge is 0.122 e. The van der Waals surface area contributed by atoms with Gasteiger partial charge in [-0.05, 0) is 32.5 Å². The lowest BCUT2D eigenvalue weighted by atomic mass is 10.1. The summed E-state index contributed by atoms with van der Waals surface area (Å²) >= 11 is 0. The minimum absolute atomic E-state index is 0.605. The minimum Gasteiger partial charge on any atom is -0.337 e. The molecular formula is C11H22N4. The molecule has 0 aliphatic carbocycles. The van der Waals surface area contributed by atoms with Crippen LogP contribution in [0.15, 0.2) is 12.4 Å². The summed E-state index contributed by atoms with van der Waals surface area (Å²) in [6.45, 7) is 4.94. The maximum Gasteiger partial charge on any atom is 0.122 e. The summed E-state index contributed by atoms with van der Waals surface area (Å²) in [5.41, 5.74) is 5.58. The second kappa shape index (κ2) is 5.88. The van der Waals surface area contributed by atoms with Crippen LogP contribution < -0.4 is 5.73 Å². The Kier molecular flexibility index (Phi) is 4.78. The molecule has 86 valence electrons. The molecule has 2 N–H and O–H groups in total. The Morgan fingerprint density at radius 3 is 2.87 bits per heavy atom. The normalized spacial score (nSPS) is 13.4. The average Bonchev–Trinajstić information content (AvgIpc) is 2.61. The van der Waals surface area contributed by atoms with Crippen LogP contribution in [0.25, 0.3) is 0 Å². The van der Waals surface area contributed by atoms with Gasteiger partial charge in [0.05, 0.1) is 6.54 Å². The van der Waals surface area contributed by atoms with Crippen LogP contribution in [0, 0.1) is 5.92 Å². The fourth-order valence-corrected chi connectivity index (χ4v) is 1.43. The Bertz CT molecular complexity index is 282. The van der Waals surface area contributed by atoms with Crippen LogP contribution in [0.2, 0.25) is 0 Å². The Balaban J connectivity index is 2.30. The van der Waals surface area contributed by atoms with Gasteiger partial charge in [-0.2, -0.15) is 0 Å². The van der Waals surface area contributed by atoms with E-state index in [-0.39, 0.29) is 0 Å². The highest BCUT2D eigenvalue weighted by Gasteiger charge is 2.06. The van der Waals surface area contributed by atoms with Gasteiger partial charge in [0.25, 0.3) is 0 Å². The van der Waals surface area contributed by atoms with Crippen molar-refractivity contribution in [2.45, 2.75) is 19.9 Å². The summed E-state index contributed by atoms with van der Waals surface area (Å²) < 4.78 is 2.06. The van der Waals surface area contributed by atoms with E-state index in [4.69, 9.17) is 5.73 Å². The first-order valence-electron chi connectivity index (χ1n) is 5.48. The minimum atomic E-state index is 0.605. The van der Waals surface area contributed by atoms with E-state index in [2.05, 4.69) is 28.4 Å². The monoisotopic (exact) mass is 210 g/mol. The van der Waals surface area contributed by atoms with Crippen molar-refractivity contribution in [3.63, 3.8) is 0 Å². The molecular weight excluding hydrogens is 188 g/mol. The Morgan fingerprint density at radius 2 is 2.33 bits per heavy atom. The van der Waals surface area contributed by atoms with Crippen molar-refractivity contribution in [2.24, 2.45) is 18.7 Å². The van der Waals surface area contributed by atoms with Gasteiger partial charge < -0.3 is 10.3 Å². The van der Waals surface area contributed by atoms with E-state index < -0.39 is 0 Å². The molecule has 1 heterocycles. The van der Waals surface area contributed by atoms with Crippen molar-refractivity contribution in [3.05, 3.63) is 18.2 Å². The van der Waals surface area contributed by atoms with E-state index in [1.807, 2.05) is 19.4 Å². The van der Waals surface area contributed by atoms with Gasteiger partial charge in [-0.15, -0.1) is 0 Å². The molecule has 0 saturated carbocycles. The van der Waals surface area contributed by atoms with Crippen molar-refractivity contribution in [3.8, 4) is 0 Å². The lowest BCUT2D eigenvalue weighted by Crippen LogP contribution is -2.24. The van der Waals surface area contributed by atoms with E-state index in [0.29, 0.717) is 5.92 Å². The van der Waals surface area contributed by atoms with Crippen LogP contribution in [-0.2, 0) is 13.6 Å². The van der Waals surface area contributed by atoms with Gasteiger partial charge in [0.15, 0.2) is 0 Å². The Labute approximate surface area is 92.1 Å². The predicted molar refractivity (Wildman–Crippen MR) is 62.4 cm³/mol. The first-order valence-corrected chi connectivity index (χ1v) is 5.48. The summed E-state index contributed by atoms with van der Waals surface area (Å²) in [5.74, 6) is 1.71. The van der Waals surface area contributed by atoms with Crippen LogP contribution >= 0.6 is 0 Å². The van der Waals surface area contributed by atoms with E-state index in [1.54, 1.807) is 0 Å². The largest absolute Gasteiger partial charge is 0.337 e. The zero-order chi connectivity index (χ0) is 11.3. The van der Waals surface area contributed by atoms with Crippen molar-refractivity contribution in [2.75, 3.05) is 20.1 Å². The van der Waals surface area contributed by atoms with Crippen LogP contribution in [0.3, 0.4) is 0 Å². The molecule has 0 aliphatic rings. The quantitative estimate of drug-likeness (QED) is 0.757. The summed E-state index contributed by atoms with van der Waals surface area (Å²) in [6, 6.07) is 0. The molecule has 0 aromatic carbocycles.